The molecule has 0 aliphatic heterocycles. The minimum Gasteiger partial charge on any atom is -0.481 e. The van der Waals surface area contributed by atoms with Gasteiger partial charge in [-0.3, -0.25) is 9.59 Å². The van der Waals surface area contributed by atoms with E-state index >= 15 is 0 Å². The maximum atomic E-state index is 13.1. The van der Waals surface area contributed by atoms with Crippen molar-refractivity contribution in [2.45, 2.75) is 30.6 Å². The van der Waals surface area contributed by atoms with E-state index in [1.165, 1.54) is 12.1 Å². The van der Waals surface area contributed by atoms with Crippen molar-refractivity contribution in [3.63, 3.8) is 0 Å². The Morgan fingerprint density at radius 3 is 2.30 bits per heavy atom. The van der Waals surface area contributed by atoms with Crippen LogP contribution in [0.3, 0.4) is 0 Å². The Bertz CT molecular complexity index is 1240. The molecule has 3 aromatic carbocycles. The van der Waals surface area contributed by atoms with E-state index < -0.39 is 16.0 Å². The summed E-state index contributed by atoms with van der Waals surface area (Å²) in [7, 11) is -3.88. The molecule has 0 heterocycles. The Hall–Kier alpha value is -3.00. The zero-order valence-electron chi connectivity index (χ0n) is 17.8. The number of sulfonamides is 1. The third kappa shape index (κ3) is 6.74. The number of aliphatic carboxylic acids is 1. The van der Waals surface area contributed by atoms with Gasteiger partial charge in [-0.25, -0.2) is 13.1 Å². The molecule has 172 valence electrons. The van der Waals surface area contributed by atoms with E-state index in [1.807, 2.05) is 6.07 Å². The standard InChI is InChI=1S/C25H24ClNO5S/c26-21-11-7-10-19(16-21)22-17-20(25(30)18-8-3-1-4-9-18)13-14-23(22)33(31,32)27-15-6-2-5-12-24(28)29/h1,3-4,7-11,13-14,16-17,27H,2,5-6,12,15H2,(H,28,29). The highest BCUT2D eigenvalue weighted by Crippen LogP contribution is 2.31. The molecular weight excluding hydrogens is 462 g/mol. The van der Waals surface area contributed by atoms with Gasteiger partial charge in [0.1, 0.15) is 0 Å². The first kappa shape index (κ1) is 24.6. The normalized spacial score (nSPS) is 11.3. The lowest BCUT2D eigenvalue weighted by molar-refractivity contribution is -0.137. The molecule has 3 rings (SSSR count). The van der Waals surface area contributed by atoms with Crippen LogP contribution in [0.5, 0.6) is 0 Å². The number of halogens is 1. The van der Waals surface area contributed by atoms with E-state index in [-0.39, 0.29) is 23.6 Å². The van der Waals surface area contributed by atoms with E-state index in [0.717, 1.165) is 0 Å². The molecule has 0 radical (unpaired) electrons. The number of hydrogen-bond acceptors (Lipinski definition) is 4. The molecule has 0 saturated carbocycles. The lowest BCUT2D eigenvalue weighted by Gasteiger charge is -2.14. The van der Waals surface area contributed by atoms with Crippen molar-refractivity contribution in [2.75, 3.05) is 6.54 Å². The maximum Gasteiger partial charge on any atom is 0.303 e. The number of carboxylic acid groups (broad SMARTS) is 1. The third-order valence-corrected chi connectivity index (χ3v) is 6.82. The molecule has 0 amide bonds. The number of ketones is 1. The third-order valence-electron chi connectivity index (χ3n) is 5.06. The first-order valence-electron chi connectivity index (χ1n) is 10.5. The second-order valence-corrected chi connectivity index (χ2v) is 9.69. The van der Waals surface area contributed by atoms with E-state index in [4.69, 9.17) is 16.7 Å². The highest BCUT2D eigenvalue weighted by atomic mass is 35.5. The Morgan fingerprint density at radius 2 is 1.61 bits per heavy atom. The molecule has 0 saturated heterocycles. The minimum atomic E-state index is -3.88. The van der Waals surface area contributed by atoms with Crippen LogP contribution < -0.4 is 4.72 Å². The quantitative estimate of drug-likeness (QED) is 0.288. The molecule has 0 fully saturated rings. The molecule has 6 nitrogen and oxygen atoms in total. The summed E-state index contributed by atoms with van der Waals surface area (Å²) in [5.41, 5.74) is 1.82. The summed E-state index contributed by atoms with van der Waals surface area (Å²) in [6.45, 7) is 0.182. The van der Waals surface area contributed by atoms with Crippen molar-refractivity contribution in [3.05, 3.63) is 88.9 Å². The number of unbranched alkanes of at least 4 members (excludes halogenated alkanes) is 2. The van der Waals surface area contributed by atoms with Crippen LogP contribution >= 0.6 is 11.6 Å². The van der Waals surface area contributed by atoms with Gasteiger partial charge < -0.3 is 5.11 Å². The molecule has 0 unspecified atom stereocenters. The maximum absolute atomic E-state index is 13.1. The summed E-state index contributed by atoms with van der Waals surface area (Å²) in [5, 5.41) is 9.14. The highest BCUT2D eigenvalue weighted by Gasteiger charge is 2.21. The molecule has 0 aliphatic rings. The van der Waals surface area contributed by atoms with Crippen LogP contribution in [0.2, 0.25) is 5.02 Å². The zero-order chi connectivity index (χ0) is 23.8. The van der Waals surface area contributed by atoms with Crippen LogP contribution in [0.1, 0.15) is 41.6 Å². The molecule has 33 heavy (non-hydrogen) atoms. The van der Waals surface area contributed by atoms with Gasteiger partial charge in [-0.2, -0.15) is 0 Å². The number of benzene rings is 3. The molecule has 0 spiro atoms. The molecular formula is C25H24ClNO5S. The molecule has 0 aliphatic carbocycles. The average Bonchev–Trinajstić information content (AvgIpc) is 2.81. The van der Waals surface area contributed by atoms with Crippen LogP contribution in [0.4, 0.5) is 0 Å². The first-order chi connectivity index (χ1) is 15.8. The summed E-state index contributed by atoms with van der Waals surface area (Å²) in [5.74, 6) is -1.08. The molecule has 0 aromatic heterocycles. The monoisotopic (exact) mass is 485 g/mol. The highest BCUT2D eigenvalue weighted by molar-refractivity contribution is 7.89. The SMILES string of the molecule is O=C(O)CCCCCNS(=O)(=O)c1ccc(C(=O)c2ccccc2)cc1-c1cccc(Cl)c1. The second kappa shape index (κ2) is 11.2. The van der Waals surface area contributed by atoms with Crippen LogP contribution in [0.25, 0.3) is 11.1 Å². The van der Waals surface area contributed by atoms with Crippen molar-refractivity contribution in [1.29, 1.82) is 0 Å². The first-order valence-corrected chi connectivity index (χ1v) is 12.4. The largest absolute Gasteiger partial charge is 0.481 e. The Balaban J connectivity index is 1.90. The van der Waals surface area contributed by atoms with Gasteiger partial charge in [0.05, 0.1) is 4.90 Å². The molecule has 0 atom stereocenters. The van der Waals surface area contributed by atoms with Gasteiger partial charge in [-0.05, 0) is 48.7 Å². The summed E-state index contributed by atoms with van der Waals surface area (Å²) in [6, 6.07) is 20.1. The van der Waals surface area contributed by atoms with Crippen molar-refractivity contribution < 1.29 is 23.1 Å². The van der Waals surface area contributed by atoms with Crippen LogP contribution in [-0.2, 0) is 14.8 Å². The summed E-state index contributed by atoms with van der Waals surface area (Å²) in [6.07, 6.45) is 1.66. The van der Waals surface area contributed by atoms with E-state index in [9.17, 15) is 18.0 Å². The molecule has 0 bridgehead atoms. The van der Waals surface area contributed by atoms with E-state index in [1.54, 1.807) is 54.6 Å². The lowest BCUT2D eigenvalue weighted by atomic mass is 9.98. The average molecular weight is 486 g/mol. The van der Waals surface area contributed by atoms with E-state index in [2.05, 4.69) is 4.72 Å². The van der Waals surface area contributed by atoms with Crippen molar-refractivity contribution in [1.82, 2.24) is 4.72 Å². The number of hydrogen-bond donors (Lipinski definition) is 2. The fourth-order valence-electron chi connectivity index (χ4n) is 3.41. The number of rotatable bonds is 11. The number of carbonyl (C=O) groups is 2. The Labute approximate surface area is 198 Å². The van der Waals surface area contributed by atoms with Crippen molar-refractivity contribution in [3.8, 4) is 11.1 Å². The van der Waals surface area contributed by atoms with Crippen LogP contribution in [0.15, 0.2) is 77.7 Å². The molecule has 8 heteroatoms. The molecule has 3 aromatic rings. The van der Waals surface area contributed by atoms with Gasteiger partial charge in [0.2, 0.25) is 10.0 Å². The minimum absolute atomic E-state index is 0.0416. The van der Waals surface area contributed by atoms with Gasteiger partial charge >= 0.3 is 5.97 Å². The number of nitrogens with one attached hydrogen (secondary N) is 1. The van der Waals surface area contributed by atoms with Crippen molar-refractivity contribution in [2.24, 2.45) is 0 Å². The Kier molecular flexibility index (Phi) is 8.38. The summed E-state index contributed by atoms with van der Waals surface area (Å²) < 4.78 is 28.7. The van der Waals surface area contributed by atoms with Gasteiger partial charge in [-0.1, -0.05) is 60.5 Å². The second-order valence-electron chi connectivity index (χ2n) is 7.52. The van der Waals surface area contributed by atoms with Crippen LogP contribution in [-0.4, -0.2) is 31.8 Å². The van der Waals surface area contributed by atoms with Crippen molar-refractivity contribution >= 4 is 33.4 Å². The lowest BCUT2D eigenvalue weighted by Crippen LogP contribution is -2.25. The van der Waals surface area contributed by atoms with Gasteiger partial charge in [0.15, 0.2) is 5.78 Å². The fraction of sp³-hybridized carbons (Fsp3) is 0.200. The topological polar surface area (TPSA) is 101 Å². The van der Waals surface area contributed by atoms with Gasteiger partial charge in [0.25, 0.3) is 0 Å². The molecule has 2 N–H and O–H groups in total. The Morgan fingerprint density at radius 1 is 0.848 bits per heavy atom. The number of carbonyl (C=O) groups excluding carboxylic acids is 1. The van der Waals surface area contributed by atoms with Crippen LogP contribution in [0, 0.1) is 0 Å². The summed E-state index contributed by atoms with van der Waals surface area (Å²) in [4.78, 5) is 23.6. The predicted octanol–water partition coefficient (Wildman–Crippen LogP) is 5.16. The van der Waals surface area contributed by atoms with Gasteiger partial charge in [0, 0.05) is 34.7 Å². The summed E-state index contributed by atoms with van der Waals surface area (Å²) >= 11 is 6.14. The fourth-order valence-corrected chi connectivity index (χ4v) is 4.88. The number of carboxylic acids is 1. The predicted molar refractivity (Wildman–Crippen MR) is 128 cm³/mol. The zero-order valence-corrected chi connectivity index (χ0v) is 19.4. The smallest absolute Gasteiger partial charge is 0.303 e. The van der Waals surface area contributed by atoms with Gasteiger partial charge in [-0.15, -0.1) is 0 Å². The van der Waals surface area contributed by atoms with E-state index in [0.29, 0.717) is 46.5 Å².